The minimum absolute atomic E-state index is 0.512. The van der Waals surface area contributed by atoms with E-state index in [4.69, 9.17) is 4.74 Å². The maximum Gasteiger partial charge on any atom is 0.134 e. The van der Waals surface area contributed by atoms with E-state index in [1.54, 1.807) is 7.11 Å². The summed E-state index contributed by atoms with van der Waals surface area (Å²) in [7, 11) is 1.72. The van der Waals surface area contributed by atoms with Crippen LogP contribution >= 0.6 is 0 Å². The largest absolute Gasteiger partial charge is 0.496 e. The van der Waals surface area contributed by atoms with Crippen molar-refractivity contribution in [2.24, 2.45) is 11.8 Å². The third kappa shape index (κ3) is 2.69. The number of nitrogens with zero attached hydrogens (tertiary/aromatic N) is 1. The summed E-state index contributed by atoms with van der Waals surface area (Å²) in [6.07, 6.45) is 5.74. The Bertz CT molecular complexity index is 626. The van der Waals surface area contributed by atoms with Crippen molar-refractivity contribution in [3.63, 3.8) is 0 Å². The van der Waals surface area contributed by atoms with E-state index in [9.17, 15) is 0 Å². The second-order valence-corrected chi connectivity index (χ2v) is 6.23. The van der Waals surface area contributed by atoms with Gasteiger partial charge in [-0.15, -0.1) is 0 Å². The summed E-state index contributed by atoms with van der Waals surface area (Å²) >= 11 is 0. The summed E-state index contributed by atoms with van der Waals surface area (Å²) in [5.74, 6) is 3.35. The van der Waals surface area contributed by atoms with Crippen LogP contribution in [-0.4, -0.2) is 18.1 Å². The number of hydrogen-bond acceptors (Lipinski definition) is 3. The van der Waals surface area contributed by atoms with E-state index in [1.165, 1.54) is 19.3 Å². The molecule has 3 heteroatoms. The van der Waals surface area contributed by atoms with E-state index < -0.39 is 0 Å². The van der Waals surface area contributed by atoms with Gasteiger partial charge in [-0.25, -0.2) is 4.98 Å². The van der Waals surface area contributed by atoms with E-state index in [0.29, 0.717) is 12.0 Å². The lowest BCUT2D eigenvalue weighted by atomic mass is 9.78. The number of rotatable bonds is 3. The molecule has 3 nitrogen and oxygen atoms in total. The molecule has 1 aliphatic carbocycles. The predicted octanol–water partition coefficient (Wildman–Crippen LogP) is 4.48. The smallest absolute Gasteiger partial charge is 0.134 e. The summed E-state index contributed by atoms with van der Waals surface area (Å²) in [5, 5.41) is 5.95. The lowest BCUT2D eigenvalue weighted by Gasteiger charge is -2.35. The number of anilines is 1. The van der Waals surface area contributed by atoms with E-state index in [2.05, 4.69) is 30.2 Å². The third-order valence-electron chi connectivity index (χ3n) is 5.01. The van der Waals surface area contributed by atoms with Crippen LogP contribution in [0.4, 0.5) is 5.82 Å². The summed E-state index contributed by atoms with van der Waals surface area (Å²) < 4.78 is 5.46. The first kappa shape index (κ1) is 14.2. The lowest BCUT2D eigenvalue weighted by molar-refractivity contribution is 0.253. The van der Waals surface area contributed by atoms with Crippen molar-refractivity contribution in [1.82, 2.24) is 4.98 Å². The molecule has 0 aliphatic heterocycles. The Balaban J connectivity index is 1.94. The van der Waals surface area contributed by atoms with Gasteiger partial charge in [0.1, 0.15) is 11.6 Å². The zero-order chi connectivity index (χ0) is 14.8. The molecule has 0 bridgehead atoms. The molecule has 2 aromatic rings. The van der Waals surface area contributed by atoms with Crippen LogP contribution in [0.5, 0.6) is 5.75 Å². The van der Waals surface area contributed by atoms with Crippen molar-refractivity contribution in [3.05, 3.63) is 30.5 Å². The summed E-state index contributed by atoms with van der Waals surface area (Å²) in [4.78, 5) is 4.57. The molecule has 3 atom stereocenters. The Morgan fingerprint density at radius 2 is 2.00 bits per heavy atom. The zero-order valence-electron chi connectivity index (χ0n) is 13.1. The third-order valence-corrected chi connectivity index (χ3v) is 5.01. The normalized spacial score (nSPS) is 25.8. The standard InChI is InChI=1S/C18H24N2O/c1-12-6-4-8-16(13(12)2)20-18-15-7-5-9-17(21-3)14(15)10-11-19-18/h5,7,9-13,16H,4,6,8H2,1-3H3,(H,19,20). The summed E-state index contributed by atoms with van der Waals surface area (Å²) in [6, 6.07) is 8.67. The molecule has 3 unspecified atom stereocenters. The average Bonchev–Trinajstić information content (AvgIpc) is 2.51. The molecule has 0 amide bonds. The molecule has 21 heavy (non-hydrogen) atoms. The minimum atomic E-state index is 0.512. The number of benzene rings is 1. The Kier molecular flexibility index (Phi) is 4.00. The van der Waals surface area contributed by atoms with Crippen LogP contribution in [0.3, 0.4) is 0 Å². The van der Waals surface area contributed by atoms with Crippen molar-refractivity contribution in [3.8, 4) is 5.75 Å². The first-order valence-electron chi connectivity index (χ1n) is 7.89. The van der Waals surface area contributed by atoms with Crippen LogP contribution in [0.25, 0.3) is 10.8 Å². The SMILES string of the molecule is COc1cccc2c(NC3CCCC(C)C3C)nccc12. The van der Waals surface area contributed by atoms with Gasteiger partial charge in [0.05, 0.1) is 7.11 Å². The van der Waals surface area contributed by atoms with Gasteiger partial charge >= 0.3 is 0 Å². The minimum Gasteiger partial charge on any atom is -0.496 e. The molecule has 0 spiro atoms. The van der Waals surface area contributed by atoms with Gasteiger partial charge < -0.3 is 10.1 Å². The average molecular weight is 284 g/mol. The van der Waals surface area contributed by atoms with Crippen molar-refractivity contribution in [2.75, 3.05) is 12.4 Å². The number of hydrogen-bond donors (Lipinski definition) is 1. The zero-order valence-corrected chi connectivity index (χ0v) is 13.1. The summed E-state index contributed by atoms with van der Waals surface area (Å²) in [6.45, 7) is 4.71. The first-order chi connectivity index (χ1) is 10.2. The molecule has 112 valence electrons. The van der Waals surface area contributed by atoms with Gasteiger partial charge in [0.15, 0.2) is 0 Å². The molecule has 1 aliphatic rings. The highest BCUT2D eigenvalue weighted by atomic mass is 16.5. The van der Waals surface area contributed by atoms with Crippen LogP contribution in [0.2, 0.25) is 0 Å². The van der Waals surface area contributed by atoms with E-state index >= 15 is 0 Å². The van der Waals surface area contributed by atoms with Gasteiger partial charge in [0.2, 0.25) is 0 Å². The van der Waals surface area contributed by atoms with Gasteiger partial charge in [0.25, 0.3) is 0 Å². The van der Waals surface area contributed by atoms with E-state index in [1.807, 2.05) is 24.4 Å². The van der Waals surface area contributed by atoms with Gasteiger partial charge in [-0.3, -0.25) is 0 Å². The van der Waals surface area contributed by atoms with Crippen LogP contribution < -0.4 is 10.1 Å². The topological polar surface area (TPSA) is 34.1 Å². The monoisotopic (exact) mass is 284 g/mol. The second kappa shape index (κ2) is 5.92. The number of aromatic nitrogens is 1. The van der Waals surface area contributed by atoms with E-state index in [0.717, 1.165) is 28.3 Å². The molecule has 3 rings (SSSR count). The van der Waals surface area contributed by atoms with Crippen molar-refractivity contribution in [2.45, 2.75) is 39.2 Å². The Labute approximate surface area is 126 Å². The number of fused-ring (bicyclic) bond motifs is 1. The molecule has 1 aromatic carbocycles. The molecule has 0 saturated heterocycles. The molecule has 1 saturated carbocycles. The number of nitrogens with one attached hydrogen (secondary N) is 1. The number of pyridine rings is 1. The Hall–Kier alpha value is -1.77. The quantitative estimate of drug-likeness (QED) is 0.902. The van der Waals surface area contributed by atoms with Gasteiger partial charge in [0, 0.05) is 23.0 Å². The fourth-order valence-electron chi connectivity index (χ4n) is 3.43. The summed E-state index contributed by atoms with van der Waals surface area (Å²) in [5.41, 5.74) is 0. The fourth-order valence-corrected chi connectivity index (χ4v) is 3.43. The second-order valence-electron chi connectivity index (χ2n) is 6.23. The van der Waals surface area contributed by atoms with Gasteiger partial charge in [-0.2, -0.15) is 0 Å². The molecule has 1 N–H and O–H groups in total. The van der Waals surface area contributed by atoms with Crippen LogP contribution in [-0.2, 0) is 0 Å². The molecular formula is C18H24N2O. The van der Waals surface area contributed by atoms with Crippen LogP contribution in [0, 0.1) is 11.8 Å². The maximum absolute atomic E-state index is 5.46. The van der Waals surface area contributed by atoms with Crippen molar-refractivity contribution < 1.29 is 4.74 Å². The number of ether oxygens (including phenoxy) is 1. The van der Waals surface area contributed by atoms with Gasteiger partial charge in [-0.1, -0.05) is 38.8 Å². The highest BCUT2D eigenvalue weighted by molar-refractivity contribution is 5.95. The number of methoxy groups -OCH3 is 1. The molecule has 1 heterocycles. The molecule has 0 radical (unpaired) electrons. The van der Waals surface area contributed by atoms with Crippen molar-refractivity contribution in [1.29, 1.82) is 0 Å². The molecular weight excluding hydrogens is 260 g/mol. The Morgan fingerprint density at radius 3 is 2.81 bits per heavy atom. The lowest BCUT2D eigenvalue weighted by Crippen LogP contribution is -2.35. The highest BCUT2D eigenvalue weighted by Gasteiger charge is 2.27. The van der Waals surface area contributed by atoms with Gasteiger partial charge in [-0.05, 0) is 30.4 Å². The first-order valence-corrected chi connectivity index (χ1v) is 7.89. The van der Waals surface area contributed by atoms with Crippen LogP contribution in [0.15, 0.2) is 30.5 Å². The molecule has 1 fully saturated rings. The predicted molar refractivity (Wildman–Crippen MR) is 87.9 cm³/mol. The van der Waals surface area contributed by atoms with Crippen molar-refractivity contribution >= 4 is 16.6 Å². The highest BCUT2D eigenvalue weighted by Crippen LogP contribution is 2.34. The molecule has 1 aromatic heterocycles. The fraction of sp³-hybridized carbons (Fsp3) is 0.500. The van der Waals surface area contributed by atoms with E-state index in [-0.39, 0.29) is 0 Å². The van der Waals surface area contributed by atoms with Crippen LogP contribution in [0.1, 0.15) is 33.1 Å². The Morgan fingerprint density at radius 1 is 1.14 bits per heavy atom. The maximum atomic E-state index is 5.46.